The third-order valence-corrected chi connectivity index (χ3v) is 3.45. The van der Waals surface area contributed by atoms with Gasteiger partial charge >= 0.3 is 6.03 Å². The van der Waals surface area contributed by atoms with E-state index in [1.54, 1.807) is 18.2 Å². The Bertz CT molecular complexity index is 629. The van der Waals surface area contributed by atoms with Crippen molar-refractivity contribution >= 4 is 40.6 Å². The molecule has 0 aliphatic rings. The van der Waals surface area contributed by atoms with Crippen LogP contribution in [0.2, 0.25) is 10.0 Å². The summed E-state index contributed by atoms with van der Waals surface area (Å²) in [7, 11) is 0. The Morgan fingerprint density at radius 1 is 1.10 bits per heavy atom. The largest absolute Gasteiger partial charge is 0.398 e. The van der Waals surface area contributed by atoms with Gasteiger partial charge in [0.2, 0.25) is 0 Å². The minimum atomic E-state index is -0.287. The van der Waals surface area contributed by atoms with Crippen molar-refractivity contribution in [1.29, 1.82) is 0 Å². The van der Waals surface area contributed by atoms with Crippen molar-refractivity contribution in [2.75, 3.05) is 17.6 Å². The molecule has 0 heterocycles. The number of nitrogen functional groups attached to an aromatic ring is 1. The van der Waals surface area contributed by atoms with Gasteiger partial charge in [-0.3, -0.25) is 0 Å². The predicted octanol–water partition coefficient (Wildman–Crippen LogP) is 3.94. The average Bonchev–Trinajstić information content (AvgIpc) is 2.45. The Balaban J connectivity index is 1.79. The fourth-order valence-electron chi connectivity index (χ4n) is 1.75. The van der Waals surface area contributed by atoms with E-state index in [1.807, 2.05) is 24.3 Å². The monoisotopic (exact) mass is 323 g/mol. The van der Waals surface area contributed by atoms with Gasteiger partial charge in [-0.05, 0) is 42.3 Å². The van der Waals surface area contributed by atoms with Gasteiger partial charge in [0, 0.05) is 17.3 Å². The highest BCUT2D eigenvalue weighted by Crippen LogP contribution is 2.22. The number of hydrogen-bond acceptors (Lipinski definition) is 2. The smallest absolute Gasteiger partial charge is 0.319 e. The van der Waals surface area contributed by atoms with E-state index in [1.165, 1.54) is 0 Å². The summed E-state index contributed by atoms with van der Waals surface area (Å²) in [5.41, 5.74) is 7.78. The minimum Gasteiger partial charge on any atom is -0.398 e. The second kappa shape index (κ2) is 7.20. The van der Waals surface area contributed by atoms with Crippen molar-refractivity contribution in [3.63, 3.8) is 0 Å². The number of anilines is 2. The molecule has 2 rings (SSSR count). The second-order valence-electron chi connectivity index (χ2n) is 4.49. The number of halogens is 2. The van der Waals surface area contributed by atoms with Crippen molar-refractivity contribution in [3.05, 3.63) is 58.1 Å². The maximum absolute atomic E-state index is 11.7. The average molecular weight is 324 g/mol. The second-order valence-corrected chi connectivity index (χ2v) is 5.34. The number of amides is 2. The standard InChI is InChI=1S/C15H15Cl2N3O/c16-11-3-1-10(2-4-11)7-8-19-15(21)20-12-5-6-14(18)13(17)9-12/h1-6,9H,7-8,18H2,(H2,19,20,21). The van der Waals surface area contributed by atoms with Crippen LogP contribution in [0.25, 0.3) is 0 Å². The van der Waals surface area contributed by atoms with Crippen LogP contribution in [0, 0.1) is 0 Å². The maximum Gasteiger partial charge on any atom is 0.319 e. The molecular weight excluding hydrogens is 309 g/mol. The Hall–Kier alpha value is -1.91. The number of benzene rings is 2. The fourth-order valence-corrected chi connectivity index (χ4v) is 2.06. The van der Waals surface area contributed by atoms with E-state index in [0.29, 0.717) is 28.0 Å². The Kier molecular flexibility index (Phi) is 5.31. The lowest BCUT2D eigenvalue weighted by molar-refractivity contribution is 0.252. The first-order valence-electron chi connectivity index (χ1n) is 6.39. The van der Waals surface area contributed by atoms with Crippen molar-refractivity contribution < 1.29 is 4.79 Å². The van der Waals surface area contributed by atoms with Gasteiger partial charge < -0.3 is 16.4 Å². The lowest BCUT2D eigenvalue weighted by Gasteiger charge is -2.08. The molecule has 4 N–H and O–H groups in total. The molecule has 0 radical (unpaired) electrons. The molecule has 0 saturated heterocycles. The number of rotatable bonds is 4. The lowest BCUT2D eigenvalue weighted by Crippen LogP contribution is -2.30. The van der Waals surface area contributed by atoms with Crippen molar-refractivity contribution in [2.45, 2.75) is 6.42 Å². The van der Waals surface area contributed by atoms with Crippen LogP contribution >= 0.6 is 23.2 Å². The van der Waals surface area contributed by atoms with E-state index < -0.39 is 0 Å². The molecule has 2 amide bonds. The van der Waals surface area contributed by atoms with E-state index >= 15 is 0 Å². The van der Waals surface area contributed by atoms with Crippen LogP contribution in [0.15, 0.2) is 42.5 Å². The number of carbonyl (C=O) groups is 1. The molecule has 0 saturated carbocycles. The summed E-state index contributed by atoms with van der Waals surface area (Å²) in [5, 5.41) is 6.57. The fraction of sp³-hybridized carbons (Fsp3) is 0.133. The molecule has 0 aromatic heterocycles. The molecule has 6 heteroatoms. The molecule has 0 aliphatic heterocycles. The van der Waals surface area contributed by atoms with Crippen molar-refractivity contribution in [3.8, 4) is 0 Å². The summed E-state index contributed by atoms with van der Waals surface area (Å²) < 4.78 is 0. The third kappa shape index (κ3) is 4.85. The molecular formula is C15H15Cl2N3O. The van der Waals surface area contributed by atoms with Gasteiger partial charge in [-0.2, -0.15) is 0 Å². The van der Waals surface area contributed by atoms with Gasteiger partial charge in [-0.15, -0.1) is 0 Å². The molecule has 2 aromatic carbocycles. The van der Waals surface area contributed by atoms with Crippen LogP contribution in [-0.2, 0) is 6.42 Å². The summed E-state index contributed by atoms with van der Waals surface area (Å²) in [6.07, 6.45) is 0.729. The number of carbonyl (C=O) groups excluding carboxylic acids is 1. The number of hydrogen-bond donors (Lipinski definition) is 3. The van der Waals surface area contributed by atoms with Gasteiger partial charge in [0.1, 0.15) is 0 Å². The minimum absolute atomic E-state index is 0.287. The highest BCUT2D eigenvalue weighted by molar-refractivity contribution is 6.33. The van der Waals surface area contributed by atoms with Gasteiger partial charge in [-0.1, -0.05) is 35.3 Å². The molecule has 0 atom stereocenters. The summed E-state index contributed by atoms with van der Waals surface area (Å²) in [4.78, 5) is 11.7. The molecule has 4 nitrogen and oxygen atoms in total. The van der Waals surface area contributed by atoms with Crippen LogP contribution in [0.5, 0.6) is 0 Å². The van der Waals surface area contributed by atoms with Gasteiger partial charge in [0.05, 0.1) is 10.7 Å². The maximum atomic E-state index is 11.7. The van der Waals surface area contributed by atoms with E-state index in [2.05, 4.69) is 10.6 Å². The van der Waals surface area contributed by atoms with Crippen LogP contribution in [0.4, 0.5) is 16.2 Å². The van der Waals surface area contributed by atoms with Crippen LogP contribution in [-0.4, -0.2) is 12.6 Å². The molecule has 0 fully saturated rings. The normalized spacial score (nSPS) is 10.2. The first kappa shape index (κ1) is 15.5. The molecule has 0 aliphatic carbocycles. The third-order valence-electron chi connectivity index (χ3n) is 2.87. The number of urea groups is 1. The molecule has 0 spiro atoms. The zero-order valence-corrected chi connectivity index (χ0v) is 12.7. The van der Waals surface area contributed by atoms with E-state index in [4.69, 9.17) is 28.9 Å². The molecule has 110 valence electrons. The van der Waals surface area contributed by atoms with E-state index in [9.17, 15) is 4.79 Å². The summed E-state index contributed by atoms with van der Waals surface area (Å²) >= 11 is 11.7. The zero-order chi connectivity index (χ0) is 15.2. The summed E-state index contributed by atoms with van der Waals surface area (Å²) in [6.45, 7) is 0.524. The van der Waals surface area contributed by atoms with Crippen LogP contribution in [0.3, 0.4) is 0 Å². The van der Waals surface area contributed by atoms with Crippen molar-refractivity contribution in [2.24, 2.45) is 0 Å². The van der Waals surface area contributed by atoms with Crippen LogP contribution in [0.1, 0.15) is 5.56 Å². The summed E-state index contributed by atoms with van der Waals surface area (Å²) in [5.74, 6) is 0. The van der Waals surface area contributed by atoms with Gasteiger partial charge in [-0.25, -0.2) is 4.79 Å². The highest BCUT2D eigenvalue weighted by Gasteiger charge is 2.03. The predicted molar refractivity (Wildman–Crippen MR) is 88.0 cm³/mol. The number of nitrogens with one attached hydrogen (secondary N) is 2. The Labute approximate surface area is 133 Å². The van der Waals surface area contributed by atoms with Crippen molar-refractivity contribution in [1.82, 2.24) is 5.32 Å². The zero-order valence-electron chi connectivity index (χ0n) is 11.2. The first-order valence-corrected chi connectivity index (χ1v) is 7.14. The SMILES string of the molecule is Nc1ccc(NC(=O)NCCc2ccc(Cl)cc2)cc1Cl. The number of nitrogens with two attached hydrogens (primary N) is 1. The molecule has 0 bridgehead atoms. The topological polar surface area (TPSA) is 67.1 Å². The van der Waals surface area contributed by atoms with E-state index in [0.717, 1.165) is 12.0 Å². The molecule has 0 unspecified atom stereocenters. The summed E-state index contributed by atoms with van der Waals surface area (Å²) in [6, 6.07) is 12.2. The molecule has 2 aromatic rings. The van der Waals surface area contributed by atoms with Crippen LogP contribution < -0.4 is 16.4 Å². The molecule has 21 heavy (non-hydrogen) atoms. The first-order chi connectivity index (χ1) is 10.0. The highest BCUT2D eigenvalue weighted by atomic mass is 35.5. The van der Waals surface area contributed by atoms with Gasteiger partial charge in [0.15, 0.2) is 0 Å². The van der Waals surface area contributed by atoms with Gasteiger partial charge in [0.25, 0.3) is 0 Å². The van der Waals surface area contributed by atoms with E-state index in [-0.39, 0.29) is 6.03 Å². The Morgan fingerprint density at radius 3 is 2.48 bits per heavy atom. The lowest BCUT2D eigenvalue weighted by atomic mass is 10.1. The Morgan fingerprint density at radius 2 is 1.81 bits per heavy atom. The quantitative estimate of drug-likeness (QED) is 0.746.